The molecule has 0 bridgehead atoms. The van der Waals surface area contributed by atoms with E-state index in [2.05, 4.69) is 6.92 Å². The number of carbonyl (C=O) groups excluding carboxylic acids is 1. The Hall–Kier alpha value is -0.890. The molecule has 6 atom stereocenters. The summed E-state index contributed by atoms with van der Waals surface area (Å²) in [5, 5.41) is 29.5. The normalized spacial score (nSPS) is 24.5. The Bertz CT molecular complexity index is 738. The first kappa shape index (κ1) is 36.1. The number of hydrogen-bond donors (Lipinski definition) is 4. The Balaban J connectivity index is 2.05. The molecule has 0 aromatic carbocycles. The Kier molecular flexibility index (Phi) is 19.4. The number of alkyl halides is 1. The smallest absolute Gasteiger partial charge is 0.305 e. The molecule has 0 spiro atoms. The molecular weight excluding hydrogens is 534 g/mol. The van der Waals surface area contributed by atoms with Gasteiger partial charge in [0.15, 0.2) is 12.5 Å². The molecule has 4 N–H and O–H groups in total. The number of aliphatic hydroxyl groups excluding tert-OH is 3. The van der Waals surface area contributed by atoms with Crippen molar-refractivity contribution in [3.63, 3.8) is 0 Å². The lowest BCUT2D eigenvalue weighted by atomic mass is 10.0. The molecule has 3 unspecified atom stereocenters. The minimum absolute atomic E-state index is 0.228. The average Bonchev–Trinajstić information content (AvgIpc) is 2.88. The van der Waals surface area contributed by atoms with Crippen molar-refractivity contribution < 1.29 is 51.7 Å². The molecule has 1 fully saturated rings. The maximum Gasteiger partial charge on any atom is 0.305 e. The predicted octanol–water partition coefficient (Wildman–Crippen LogP) is 3.84. The van der Waals surface area contributed by atoms with Crippen LogP contribution in [0.25, 0.3) is 0 Å². The molecule has 10 nitrogen and oxygen atoms in total. The van der Waals surface area contributed by atoms with Gasteiger partial charge in [0.1, 0.15) is 36.8 Å². The second-order valence-corrected chi connectivity index (χ2v) is 12.1. The zero-order chi connectivity index (χ0) is 29.1. The number of ether oxygens (including phenoxy) is 3. The van der Waals surface area contributed by atoms with Gasteiger partial charge in [-0.15, -0.1) is 0 Å². The van der Waals surface area contributed by atoms with Crippen molar-refractivity contribution in [3.8, 4) is 0 Å². The number of hydrogen-bond acceptors (Lipinski definition) is 9. The average molecular weight is 586 g/mol. The third-order valence-corrected chi connectivity index (χ3v) is 7.62. The van der Waals surface area contributed by atoms with E-state index in [9.17, 15) is 32.9 Å². The third kappa shape index (κ3) is 17.5. The fraction of sp³-hybridized carbons (Fsp3) is 0.963. The molecule has 0 aliphatic carbocycles. The quantitative estimate of drug-likeness (QED) is 0.0788. The zero-order valence-corrected chi connectivity index (χ0v) is 24.2. The van der Waals surface area contributed by atoms with Gasteiger partial charge in [-0.05, 0) is 6.42 Å². The second kappa shape index (κ2) is 20.9. The summed E-state index contributed by atoms with van der Waals surface area (Å²) in [4.78, 5) is 11.9. The number of halogens is 1. The second-order valence-electron chi connectivity index (χ2n) is 10.6. The van der Waals surface area contributed by atoms with E-state index in [0.29, 0.717) is 6.42 Å². The van der Waals surface area contributed by atoms with E-state index in [0.717, 1.165) is 19.3 Å². The highest BCUT2D eigenvalue weighted by atomic mass is 32.2. The highest BCUT2D eigenvalue weighted by Gasteiger charge is 2.46. The summed E-state index contributed by atoms with van der Waals surface area (Å²) >= 11 is 0. The molecule has 39 heavy (non-hydrogen) atoms. The number of carbonyl (C=O) groups is 1. The Morgan fingerprint density at radius 2 is 1.33 bits per heavy atom. The SMILES string of the molecule is CCCCCCCCCCCCCCCCCC(=O)OCC(O)CO[C@H]1OC(CS(=O)(=O)O)[C@@H](O)[C@H](O)C1[18F]. The molecule has 1 aliphatic heterocycles. The van der Waals surface area contributed by atoms with Crippen LogP contribution in [0, 0.1) is 0 Å². The van der Waals surface area contributed by atoms with Gasteiger partial charge in [-0.1, -0.05) is 96.8 Å². The van der Waals surface area contributed by atoms with Gasteiger partial charge in [0.05, 0.1) is 6.61 Å². The van der Waals surface area contributed by atoms with Crippen LogP contribution in [0.5, 0.6) is 0 Å². The van der Waals surface area contributed by atoms with E-state index in [1.54, 1.807) is 0 Å². The van der Waals surface area contributed by atoms with Gasteiger partial charge in [0.2, 0.25) is 0 Å². The van der Waals surface area contributed by atoms with Crippen LogP contribution in [-0.2, 0) is 29.1 Å². The van der Waals surface area contributed by atoms with Crippen LogP contribution < -0.4 is 0 Å². The van der Waals surface area contributed by atoms with E-state index >= 15 is 0 Å². The highest BCUT2D eigenvalue weighted by molar-refractivity contribution is 7.85. The van der Waals surface area contributed by atoms with Gasteiger partial charge < -0.3 is 29.5 Å². The number of aliphatic hydroxyl groups is 3. The van der Waals surface area contributed by atoms with Crippen molar-refractivity contribution >= 4 is 16.1 Å². The molecule has 0 radical (unpaired) electrons. The largest absolute Gasteiger partial charge is 0.463 e. The van der Waals surface area contributed by atoms with Crippen molar-refractivity contribution in [1.29, 1.82) is 0 Å². The Morgan fingerprint density at radius 1 is 0.846 bits per heavy atom. The molecule has 1 rings (SSSR count). The van der Waals surface area contributed by atoms with Crippen LogP contribution in [-0.4, -0.2) is 90.1 Å². The van der Waals surface area contributed by atoms with Crippen LogP contribution >= 0.6 is 0 Å². The maximum atomic E-state index is 14.2. The van der Waals surface area contributed by atoms with Crippen molar-refractivity contribution in [2.75, 3.05) is 19.0 Å². The molecule has 0 aromatic heterocycles. The van der Waals surface area contributed by atoms with Gasteiger partial charge in [-0.2, -0.15) is 8.42 Å². The molecule has 0 saturated carbocycles. The predicted molar refractivity (Wildman–Crippen MR) is 144 cm³/mol. The van der Waals surface area contributed by atoms with Crippen LogP contribution in [0.4, 0.5) is 4.39 Å². The van der Waals surface area contributed by atoms with Crippen molar-refractivity contribution in [1.82, 2.24) is 0 Å². The van der Waals surface area contributed by atoms with E-state index < -0.39 is 65.3 Å². The van der Waals surface area contributed by atoms with Crippen LogP contribution in [0.15, 0.2) is 0 Å². The number of unbranched alkanes of at least 4 members (excludes halogenated alkanes) is 14. The zero-order valence-electron chi connectivity index (χ0n) is 23.4. The van der Waals surface area contributed by atoms with Gasteiger partial charge >= 0.3 is 5.97 Å². The lowest BCUT2D eigenvalue weighted by Gasteiger charge is -2.38. The summed E-state index contributed by atoms with van der Waals surface area (Å²) in [6.07, 6.45) is 7.72. The molecule has 0 aromatic rings. The topological polar surface area (TPSA) is 160 Å². The first-order chi connectivity index (χ1) is 18.5. The molecular formula is C27H51FO10S. The molecule has 12 heteroatoms. The van der Waals surface area contributed by atoms with Gasteiger partial charge in [0.25, 0.3) is 10.1 Å². The molecule has 1 saturated heterocycles. The number of rotatable bonds is 23. The van der Waals surface area contributed by atoms with Crippen LogP contribution in [0.1, 0.15) is 110 Å². The van der Waals surface area contributed by atoms with Crippen molar-refractivity contribution in [2.24, 2.45) is 0 Å². The minimum Gasteiger partial charge on any atom is -0.463 e. The summed E-state index contributed by atoms with van der Waals surface area (Å²) in [6, 6.07) is 0. The Labute approximate surface area is 233 Å². The summed E-state index contributed by atoms with van der Waals surface area (Å²) in [5.41, 5.74) is 0. The third-order valence-electron chi connectivity index (χ3n) is 6.87. The number of esters is 1. The molecule has 232 valence electrons. The highest BCUT2D eigenvalue weighted by Crippen LogP contribution is 2.25. The van der Waals surface area contributed by atoms with Crippen molar-refractivity contribution in [3.05, 3.63) is 0 Å². The molecule has 0 amide bonds. The van der Waals surface area contributed by atoms with E-state index in [1.165, 1.54) is 70.6 Å². The first-order valence-corrected chi connectivity index (χ1v) is 16.2. The van der Waals surface area contributed by atoms with E-state index in [1.807, 2.05) is 0 Å². The summed E-state index contributed by atoms with van der Waals surface area (Å²) in [7, 11) is -4.57. The standard InChI is InChI=1S/C27H51FO10S/c1-2-3-4-5-6-7-8-9-10-11-12-13-14-15-16-17-23(30)36-18-21(29)19-37-27-24(28)26(32)25(31)22(38-27)20-39(33,34)35/h21-22,24-27,29,31-32H,2-20H2,1H3,(H,33,34,35)/t21?,22?,24?,25-,26-,27+/m1/s1/i28-1. The maximum absolute atomic E-state index is 14.2. The molecule has 1 aliphatic rings. The van der Waals surface area contributed by atoms with Gasteiger partial charge in [-0.25, -0.2) is 4.39 Å². The van der Waals surface area contributed by atoms with E-state index in [4.69, 9.17) is 18.8 Å². The summed E-state index contributed by atoms with van der Waals surface area (Å²) in [5.74, 6) is -1.54. The monoisotopic (exact) mass is 585 g/mol. The lowest BCUT2D eigenvalue weighted by molar-refractivity contribution is -0.282. The van der Waals surface area contributed by atoms with Crippen LogP contribution in [0.3, 0.4) is 0 Å². The van der Waals surface area contributed by atoms with Crippen molar-refractivity contribution in [2.45, 2.75) is 147 Å². The lowest BCUT2D eigenvalue weighted by Crippen LogP contribution is -2.58. The summed E-state index contributed by atoms with van der Waals surface area (Å²) < 4.78 is 60.3. The summed E-state index contributed by atoms with van der Waals surface area (Å²) in [6.45, 7) is 1.32. The molecule has 1 heterocycles. The fourth-order valence-electron chi connectivity index (χ4n) is 4.53. The first-order valence-electron chi connectivity index (χ1n) is 14.6. The minimum atomic E-state index is -4.57. The Morgan fingerprint density at radius 3 is 1.82 bits per heavy atom. The van der Waals surface area contributed by atoms with Gasteiger partial charge in [0, 0.05) is 6.42 Å². The fourth-order valence-corrected chi connectivity index (χ4v) is 5.22. The van der Waals surface area contributed by atoms with Gasteiger partial charge in [-0.3, -0.25) is 9.35 Å². The van der Waals surface area contributed by atoms with Crippen LogP contribution in [0.2, 0.25) is 0 Å². The van der Waals surface area contributed by atoms with E-state index in [-0.39, 0.29) is 13.0 Å².